The number of aromatic nitrogens is 16. The van der Waals surface area contributed by atoms with Crippen LogP contribution in [-0.2, 0) is 69.1 Å². The summed E-state index contributed by atoms with van der Waals surface area (Å²) in [5, 5.41) is 0. The van der Waals surface area contributed by atoms with Gasteiger partial charge in [0.05, 0.1) is 109 Å². The van der Waals surface area contributed by atoms with Crippen LogP contribution in [0.3, 0.4) is 0 Å². The number of H-pyrrole nitrogens is 2. The molecule has 15 unspecified atom stereocenters. The number of fused-ring (bicyclic) bond motifs is 3. The number of hydrogen-bond acceptors (Lipinski definition) is 34. The van der Waals surface area contributed by atoms with Crippen molar-refractivity contribution >= 4 is 101 Å². The van der Waals surface area contributed by atoms with Crippen LogP contribution < -0.4 is 51.2 Å². The number of morpholine rings is 5. The number of rotatable bonds is 30. The first-order valence-electron chi connectivity index (χ1n) is 36.9. The second-order valence-corrected chi connectivity index (χ2v) is 42.9. The summed E-state index contributed by atoms with van der Waals surface area (Å²) in [5.74, 6) is -0.434. The summed E-state index contributed by atoms with van der Waals surface area (Å²) in [6.45, 7) is 2.42. The van der Waals surface area contributed by atoms with E-state index < -0.39 is 142 Å². The molecule has 5 saturated heterocycles. The van der Waals surface area contributed by atoms with Gasteiger partial charge in [-0.15, -0.1) is 0 Å². The van der Waals surface area contributed by atoms with Gasteiger partial charge in [0.1, 0.15) is 42.2 Å². The van der Waals surface area contributed by atoms with Crippen molar-refractivity contribution in [2.45, 2.75) is 81.5 Å². The summed E-state index contributed by atoms with van der Waals surface area (Å²) in [6, 6.07) is 2.85. The molecular formula is C62H100N31O19P5. The predicted octanol–water partition coefficient (Wildman–Crippen LogP) is 0.0692. The van der Waals surface area contributed by atoms with Crippen molar-refractivity contribution < 1.29 is 69.1 Å². The molecule has 0 aromatic carbocycles. The zero-order valence-electron chi connectivity index (χ0n) is 66.7. The number of anilines is 5. The van der Waals surface area contributed by atoms with E-state index in [9.17, 15) is 23.7 Å². The Kier molecular flexibility index (Phi) is 26.0. The molecule has 8 aromatic rings. The fourth-order valence-electron chi connectivity index (χ4n) is 14.0. The number of nitrogens with one attached hydrogen (secondary N) is 2. The molecule has 15 atom stereocenters. The number of ether oxygens (including phenoxy) is 5. The van der Waals surface area contributed by atoms with Gasteiger partial charge in [0.15, 0.2) is 46.2 Å². The van der Waals surface area contributed by atoms with Gasteiger partial charge in [-0.2, -0.15) is 19.9 Å². The number of imidazole rings is 3. The van der Waals surface area contributed by atoms with Gasteiger partial charge >= 0.3 is 42.1 Å². The molecule has 0 spiro atoms. The molecule has 117 heavy (non-hydrogen) atoms. The number of hydrogen-bond donors (Lipinski definition) is 7. The summed E-state index contributed by atoms with van der Waals surface area (Å²) in [5.41, 5.74) is 28.0. The van der Waals surface area contributed by atoms with Gasteiger partial charge in [-0.25, -0.2) is 76.5 Å². The second kappa shape index (κ2) is 34.8. The van der Waals surface area contributed by atoms with Gasteiger partial charge < -0.3 is 75.0 Å². The largest absolute Gasteiger partial charge is 0.383 e. The van der Waals surface area contributed by atoms with Gasteiger partial charge in [-0.3, -0.25) is 70.1 Å². The van der Waals surface area contributed by atoms with Crippen molar-refractivity contribution in [2.24, 2.45) is 0 Å². The van der Waals surface area contributed by atoms with Crippen LogP contribution in [0.25, 0.3) is 33.5 Å². The number of nitrogen functional groups attached to an aromatic ring is 5. The maximum atomic E-state index is 16.5. The topological polar surface area (TPSA) is 581 Å². The summed E-state index contributed by atoms with van der Waals surface area (Å²) >= 11 is 0. The molecule has 55 heteroatoms. The highest BCUT2D eigenvalue weighted by Gasteiger charge is 2.51. The number of nitrogens with two attached hydrogens (primary N) is 5. The molecule has 0 saturated carbocycles. The highest BCUT2D eigenvalue weighted by molar-refractivity contribution is 7.55. The van der Waals surface area contributed by atoms with Gasteiger partial charge in [-0.05, 0) is 96.5 Å². The maximum absolute atomic E-state index is 16.5. The fourth-order valence-corrected chi connectivity index (χ4v) is 22.7. The van der Waals surface area contributed by atoms with Crippen molar-refractivity contribution in [1.29, 1.82) is 0 Å². The third-order valence-electron chi connectivity index (χ3n) is 20.4. The molecule has 12 N–H and O–H groups in total. The lowest BCUT2D eigenvalue weighted by molar-refractivity contribution is -0.142. The highest BCUT2D eigenvalue weighted by atomic mass is 31.2. The predicted molar refractivity (Wildman–Crippen MR) is 425 cm³/mol. The molecule has 8 aromatic heterocycles. The number of aromatic amines is 2. The first-order valence-corrected chi connectivity index (χ1v) is 45.1. The van der Waals surface area contributed by atoms with Crippen molar-refractivity contribution in [2.75, 3.05) is 204 Å². The Morgan fingerprint density at radius 1 is 0.419 bits per heavy atom. The van der Waals surface area contributed by atoms with Gasteiger partial charge in [0, 0.05) is 64.4 Å². The quantitative estimate of drug-likeness (QED) is 0.0293. The van der Waals surface area contributed by atoms with E-state index in [1.165, 1.54) is 136 Å². The summed E-state index contributed by atoms with van der Waals surface area (Å²) < 4.78 is 164. The first-order chi connectivity index (χ1) is 55.2. The smallest absolute Gasteiger partial charge is 0.351 e. The Balaban J connectivity index is 0.783. The average molecular weight is 1740 g/mol. The zero-order chi connectivity index (χ0) is 84.3. The fraction of sp³-hybridized carbons (Fsp3) is 0.629. The summed E-state index contributed by atoms with van der Waals surface area (Å²) in [4.78, 5) is 98.6. The zero-order valence-corrected chi connectivity index (χ0v) is 71.2. The Labute approximate surface area is 669 Å². The normalized spacial score (nSPS) is 26.1. The third kappa shape index (κ3) is 18.2. The van der Waals surface area contributed by atoms with Crippen LogP contribution in [0.2, 0.25) is 0 Å². The lowest BCUT2D eigenvalue weighted by Gasteiger charge is -2.46. The molecule has 5 fully saturated rings. The third-order valence-corrected chi connectivity index (χ3v) is 32.6. The van der Waals surface area contributed by atoms with E-state index in [-0.39, 0.29) is 134 Å². The second-order valence-electron chi connectivity index (χ2n) is 29.8. The molecule has 0 amide bonds. The van der Waals surface area contributed by atoms with E-state index in [2.05, 4.69) is 59.7 Å². The van der Waals surface area contributed by atoms with E-state index in [0.29, 0.717) is 13.1 Å². The Morgan fingerprint density at radius 2 is 0.744 bits per heavy atom. The molecule has 13 rings (SSSR count). The monoisotopic (exact) mass is 1740 g/mol. The minimum Gasteiger partial charge on any atom is -0.383 e. The van der Waals surface area contributed by atoms with Crippen molar-refractivity contribution in [3.63, 3.8) is 0 Å². The molecule has 50 nitrogen and oxygen atoms in total. The average Bonchev–Trinajstić information content (AvgIpc) is 1.08. The van der Waals surface area contributed by atoms with Crippen LogP contribution in [-0.4, -0.2) is 337 Å². The van der Waals surface area contributed by atoms with Gasteiger partial charge in [0.2, 0.25) is 11.9 Å². The van der Waals surface area contributed by atoms with Crippen molar-refractivity contribution in [3.8, 4) is 0 Å². The van der Waals surface area contributed by atoms with Crippen LogP contribution >= 0.6 is 38.2 Å². The van der Waals surface area contributed by atoms with E-state index in [1.807, 2.05) is 13.8 Å². The van der Waals surface area contributed by atoms with Gasteiger partial charge in [-0.1, -0.05) is 0 Å². The Bertz CT molecular complexity index is 5430. The summed E-state index contributed by atoms with van der Waals surface area (Å²) in [7, 11) is -5.13. The van der Waals surface area contributed by atoms with Crippen molar-refractivity contribution in [3.05, 3.63) is 91.5 Å². The lowest BCUT2D eigenvalue weighted by Crippen LogP contribution is -2.52. The molecule has 5 aliphatic rings. The standard InChI is InChI=1S/C62H100N31O19P5/c1-37(2)84-18-38(108-45(23-84)89-16-14-43(63)73-61(89)96)29-104-115(100,81(7)8)88-22-42(112-49(27-88)93-36-72-52-56(93)76-60(67)78-58(52)95)32-107-117(102,83(11)12)87-21-41(111-47(25-87)91-34-70-50-53(65)68-33-69-54(50)91)31-106-114(99,80(5)6)85-20-40(109-46(24-85)90-17-15-44(64)74-62(90)97)30-105-116(101,82(9)10)86-19-39(28-103-113(13,98)79(3)4)110-48(26-86)92-35-71-51-55(92)75-59(66)77-57(51)94/h14-17,33-42,45-49H,18-32H2,1-13H3,(H2,63,73,96)(H2,64,74,97)(H2,65,68,69)(H3,66,75,77,94)(H3,67,76,78,95). The lowest BCUT2D eigenvalue weighted by atomic mass is 10.2. The maximum Gasteiger partial charge on any atom is 0.351 e. The van der Waals surface area contributed by atoms with E-state index >= 15 is 18.3 Å². The Hall–Kier alpha value is -7.64. The minimum absolute atomic E-state index is 0.0165. The molecule has 13 heterocycles. The van der Waals surface area contributed by atoms with E-state index in [4.69, 9.17) is 75.0 Å². The van der Waals surface area contributed by atoms with Crippen LogP contribution in [0.15, 0.2) is 69.0 Å². The molecule has 0 bridgehead atoms. The number of nitrogens with zero attached hydrogens (tertiary/aromatic N) is 24. The van der Waals surface area contributed by atoms with Crippen LogP contribution in [0.5, 0.6) is 0 Å². The highest BCUT2D eigenvalue weighted by Crippen LogP contribution is 2.60. The SMILES string of the molecule is CC(C)N1CC(COP(=O)(N(C)C)N2CC(COP(=O)(N(C)C)N3CC(COP(=O)(N(C)C)N4CC(COP(=O)(N(C)C)N5CC(COP(C)(=O)N(C)C)OC(n6cnc7c(=O)[nH]c(N)nc76)C5)OC(n5ccc(N)nc5=O)C4)OC(n4cnc5c(N)ncnc54)C3)OC(n3cnc4c(=O)[nH]c(N)nc43)C2)OC(n2ccc(N)nc2=O)C1. The van der Waals surface area contributed by atoms with Crippen LogP contribution in [0.4, 0.5) is 29.4 Å². The van der Waals surface area contributed by atoms with Crippen LogP contribution in [0, 0.1) is 0 Å². The molecule has 5 aliphatic heterocycles. The van der Waals surface area contributed by atoms with Crippen molar-refractivity contribution in [1.82, 2.24) is 125 Å². The minimum atomic E-state index is -4.43. The molecule has 642 valence electrons. The molecule has 0 aliphatic carbocycles. The molecule has 0 radical (unpaired) electrons. The Morgan fingerprint density at radius 3 is 1.09 bits per heavy atom. The first kappa shape index (κ1) is 87.2. The van der Waals surface area contributed by atoms with Gasteiger partial charge in [0.25, 0.3) is 18.6 Å². The van der Waals surface area contributed by atoms with E-state index in [0.717, 1.165) is 4.57 Å². The van der Waals surface area contributed by atoms with Crippen LogP contribution in [0.1, 0.15) is 45.0 Å². The summed E-state index contributed by atoms with van der Waals surface area (Å²) in [6.07, 6.45) is -2.46. The van der Waals surface area contributed by atoms with E-state index in [1.54, 1.807) is 51.5 Å². The molecular weight excluding hydrogens is 1640 g/mol.